The van der Waals surface area contributed by atoms with Crippen molar-refractivity contribution in [2.24, 2.45) is 0 Å². The van der Waals surface area contributed by atoms with Crippen LogP contribution >= 0.6 is 0 Å². The van der Waals surface area contributed by atoms with Crippen molar-refractivity contribution in [3.8, 4) is 0 Å². The van der Waals surface area contributed by atoms with Gasteiger partial charge in [0.15, 0.2) is 11.2 Å². The second kappa shape index (κ2) is 2.83. The second-order valence-electron chi connectivity index (χ2n) is 3.43. The molecule has 0 fully saturated rings. The lowest BCUT2D eigenvalue weighted by Gasteiger charge is -1.95. The van der Waals surface area contributed by atoms with E-state index in [0.717, 1.165) is 5.82 Å². The van der Waals surface area contributed by atoms with E-state index in [0.29, 0.717) is 11.2 Å². The number of hydrogen-bond donors (Lipinski definition) is 3. The molecule has 0 amide bonds. The Labute approximate surface area is 79.6 Å². The van der Waals surface area contributed by atoms with Crippen molar-refractivity contribution in [3.63, 3.8) is 0 Å². The molecule has 0 unspecified atom stereocenters. The maximum Gasteiger partial charge on any atom is 0.278 e. The van der Waals surface area contributed by atoms with Crippen molar-refractivity contribution >= 4 is 17.1 Å². The molecule has 0 aromatic carbocycles. The largest absolute Gasteiger partial charge is 0.369 e. The SMILES string of the molecule is CC(C)c1nc2nc(N)[nH]c(=O)c2[nH]1. The highest BCUT2D eigenvalue weighted by molar-refractivity contribution is 5.70. The van der Waals surface area contributed by atoms with E-state index >= 15 is 0 Å². The molecule has 0 aliphatic carbocycles. The summed E-state index contributed by atoms with van der Waals surface area (Å²) >= 11 is 0. The van der Waals surface area contributed by atoms with Crippen LogP contribution < -0.4 is 11.3 Å². The predicted molar refractivity (Wildman–Crippen MR) is 53.0 cm³/mol. The number of nitrogens with two attached hydrogens (primary N) is 1. The molecule has 0 atom stereocenters. The number of rotatable bonds is 1. The van der Waals surface area contributed by atoms with Crippen molar-refractivity contribution in [2.45, 2.75) is 19.8 Å². The highest BCUT2D eigenvalue weighted by atomic mass is 16.1. The number of fused-ring (bicyclic) bond motifs is 1. The molecule has 4 N–H and O–H groups in total. The average molecular weight is 193 g/mol. The topological polar surface area (TPSA) is 100 Å². The van der Waals surface area contributed by atoms with E-state index in [2.05, 4.69) is 19.9 Å². The van der Waals surface area contributed by atoms with Gasteiger partial charge in [0, 0.05) is 5.92 Å². The van der Waals surface area contributed by atoms with Gasteiger partial charge in [-0.05, 0) is 0 Å². The normalized spacial score (nSPS) is 11.4. The summed E-state index contributed by atoms with van der Waals surface area (Å²) in [5, 5.41) is 0. The molecule has 0 radical (unpaired) electrons. The fourth-order valence-corrected chi connectivity index (χ4v) is 1.22. The van der Waals surface area contributed by atoms with E-state index < -0.39 is 0 Å². The van der Waals surface area contributed by atoms with Crippen LogP contribution in [0.1, 0.15) is 25.6 Å². The van der Waals surface area contributed by atoms with Gasteiger partial charge < -0.3 is 10.7 Å². The lowest BCUT2D eigenvalue weighted by Crippen LogP contribution is -2.10. The molecule has 2 heterocycles. The first-order valence-corrected chi connectivity index (χ1v) is 4.33. The molecule has 0 saturated carbocycles. The molecule has 14 heavy (non-hydrogen) atoms. The van der Waals surface area contributed by atoms with Crippen LogP contribution in [0.4, 0.5) is 5.95 Å². The summed E-state index contributed by atoms with van der Waals surface area (Å²) in [7, 11) is 0. The van der Waals surface area contributed by atoms with E-state index in [9.17, 15) is 4.79 Å². The van der Waals surface area contributed by atoms with Gasteiger partial charge >= 0.3 is 0 Å². The van der Waals surface area contributed by atoms with Crippen LogP contribution in [0.25, 0.3) is 11.2 Å². The van der Waals surface area contributed by atoms with Crippen LogP contribution in [0.15, 0.2) is 4.79 Å². The summed E-state index contributed by atoms with van der Waals surface area (Å²) < 4.78 is 0. The summed E-state index contributed by atoms with van der Waals surface area (Å²) in [6.07, 6.45) is 0. The summed E-state index contributed by atoms with van der Waals surface area (Å²) in [4.78, 5) is 24.8. The van der Waals surface area contributed by atoms with Gasteiger partial charge in [-0.25, -0.2) is 4.98 Å². The number of H-pyrrole nitrogens is 2. The van der Waals surface area contributed by atoms with Crippen LogP contribution in [0.3, 0.4) is 0 Å². The minimum atomic E-state index is -0.285. The summed E-state index contributed by atoms with van der Waals surface area (Å²) in [5.41, 5.74) is 5.85. The zero-order chi connectivity index (χ0) is 10.3. The Kier molecular flexibility index (Phi) is 1.77. The summed E-state index contributed by atoms with van der Waals surface area (Å²) in [6.45, 7) is 3.96. The number of nitrogens with one attached hydrogen (secondary N) is 2. The van der Waals surface area contributed by atoms with Crippen LogP contribution in [-0.4, -0.2) is 19.9 Å². The minimum absolute atomic E-state index is 0.0873. The van der Waals surface area contributed by atoms with Crippen molar-refractivity contribution in [3.05, 3.63) is 16.2 Å². The van der Waals surface area contributed by atoms with Crippen molar-refractivity contribution in [1.82, 2.24) is 19.9 Å². The Bertz CT molecular complexity index is 524. The standard InChI is InChI=1S/C8H11N5O/c1-3(2)5-10-4-6(11-5)12-8(9)13-7(4)14/h3H,1-2H3,(H4,9,10,11,12,13,14). The van der Waals surface area contributed by atoms with E-state index in [1.807, 2.05) is 13.8 Å². The maximum atomic E-state index is 11.4. The Balaban J connectivity index is 2.77. The Morgan fingerprint density at radius 1 is 1.29 bits per heavy atom. The number of anilines is 1. The average Bonchev–Trinajstić information content (AvgIpc) is 2.47. The van der Waals surface area contributed by atoms with Crippen LogP contribution in [0.5, 0.6) is 0 Å². The van der Waals surface area contributed by atoms with Crippen LogP contribution in [-0.2, 0) is 0 Å². The lowest BCUT2D eigenvalue weighted by atomic mass is 10.2. The van der Waals surface area contributed by atoms with Gasteiger partial charge in [-0.1, -0.05) is 13.8 Å². The molecule has 0 bridgehead atoms. The molecule has 0 saturated heterocycles. The number of aromatic amines is 2. The number of imidazole rings is 1. The number of aromatic nitrogens is 4. The number of nitrogens with zero attached hydrogens (tertiary/aromatic N) is 2. The van der Waals surface area contributed by atoms with Crippen molar-refractivity contribution < 1.29 is 0 Å². The number of nitrogen functional groups attached to an aromatic ring is 1. The van der Waals surface area contributed by atoms with Gasteiger partial charge in [0.25, 0.3) is 5.56 Å². The molecule has 74 valence electrons. The lowest BCUT2D eigenvalue weighted by molar-refractivity contribution is 0.798. The first-order valence-electron chi connectivity index (χ1n) is 4.33. The van der Waals surface area contributed by atoms with Gasteiger partial charge in [0.05, 0.1) is 0 Å². The molecule has 0 aliphatic rings. The predicted octanol–water partition coefficient (Wildman–Crippen LogP) is 0.352. The van der Waals surface area contributed by atoms with Gasteiger partial charge in [0.2, 0.25) is 5.95 Å². The second-order valence-corrected chi connectivity index (χ2v) is 3.43. The molecular weight excluding hydrogens is 182 g/mol. The molecule has 2 aromatic heterocycles. The minimum Gasteiger partial charge on any atom is -0.369 e. The van der Waals surface area contributed by atoms with Crippen LogP contribution in [0.2, 0.25) is 0 Å². The third-order valence-corrected chi connectivity index (χ3v) is 1.94. The molecule has 0 spiro atoms. The van der Waals surface area contributed by atoms with E-state index in [1.165, 1.54) is 0 Å². The smallest absolute Gasteiger partial charge is 0.278 e. The quantitative estimate of drug-likeness (QED) is 0.608. The molecule has 6 heteroatoms. The van der Waals surface area contributed by atoms with E-state index in [1.54, 1.807) is 0 Å². The fraction of sp³-hybridized carbons (Fsp3) is 0.375. The Morgan fingerprint density at radius 2 is 2.00 bits per heavy atom. The Morgan fingerprint density at radius 3 is 2.64 bits per heavy atom. The fourth-order valence-electron chi connectivity index (χ4n) is 1.22. The molecular formula is C8H11N5O. The monoisotopic (exact) mass is 193 g/mol. The Hall–Kier alpha value is -1.85. The number of hydrogen-bond acceptors (Lipinski definition) is 4. The van der Waals surface area contributed by atoms with Crippen molar-refractivity contribution in [2.75, 3.05) is 5.73 Å². The highest BCUT2D eigenvalue weighted by Gasteiger charge is 2.10. The molecule has 2 aromatic rings. The summed E-state index contributed by atoms with van der Waals surface area (Å²) in [6, 6.07) is 0. The zero-order valence-corrected chi connectivity index (χ0v) is 7.96. The van der Waals surface area contributed by atoms with Gasteiger partial charge in [-0.15, -0.1) is 0 Å². The molecule has 6 nitrogen and oxygen atoms in total. The first kappa shape index (κ1) is 8.74. The zero-order valence-electron chi connectivity index (χ0n) is 7.96. The van der Waals surface area contributed by atoms with Crippen molar-refractivity contribution in [1.29, 1.82) is 0 Å². The van der Waals surface area contributed by atoms with E-state index in [-0.39, 0.29) is 17.4 Å². The third-order valence-electron chi connectivity index (χ3n) is 1.94. The summed E-state index contributed by atoms with van der Waals surface area (Å²) in [5.74, 6) is 1.05. The van der Waals surface area contributed by atoms with Gasteiger partial charge in [-0.3, -0.25) is 9.78 Å². The first-order chi connectivity index (χ1) is 6.58. The van der Waals surface area contributed by atoms with Gasteiger partial charge in [0.1, 0.15) is 5.82 Å². The molecule has 0 aliphatic heterocycles. The molecule has 2 rings (SSSR count). The van der Waals surface area contributed by atoms with E-state index in [4.69, 9.17) is 5.73 Å². The van der Waals surface area contributed by atoms with Crippen LogP contribution in [0, 0.1) is 0 Å². The third kappa shape index (κ3) is 1.24. The maximum absolute atomic E-state index is 11.4. The van der Waals surface area contributed by atoms with Gasteiger partial charge in [-0.2, -0.15) is 4.98 Å². The highest BCUT2D eigenvalue weighted by Crippen LogP contribution is 2.12.